The summed E-state index contributed by atoms with van der Waals surface area (Å²) < 4.78 is 37.3. The number of carbonyl (C=O) groups excluding carboxylic acids is 1. The van der Waals surface area contributed by atoms with Crippen LogP contribution in [0, 0.1) is 11.6 Å². The molecule has 2 saturated heterocycles. The van der Waals surface area contributed by atoms with Crippen LogP contribution in [0.1, 0.15) is 51.1 Å². The molecule has 2 heterocycles. The van der Waals surface area contributed by atoms with Crippen molar-refractivity contribution in [3.63, 3.8) is 0 Å². The van der Waals surface area contributed by atoms with Crippen molar-refractivity contribution in [3.8, 4) is 0 Å². The quantitative estimate of drug-likeness (QED) is 0.0551. The minimum absolute atomic E-state index is 0. The molecule has 2 aliphatic rings. The molecule has 2 fully saturated rings. The van der Waals surface area contributed by atoms with Crippen LogP contribution in [0.4, 0.5) is 8.78 Å². The van der Waals surface area contributed by atoms with E-state index >= 15 is 0 Å². The predicted octanol–water partition coefficient (Wildman–Crippen LogP) is -0.0530. The van der Waals surface area contributed by atoms with Gasteiger partial charge in [-0.25, -0.2) is 8.78 Å². The first-order chi connectivity index (χ1) is 21.1. The van der Waals surface area contributed by atoms with Crippen LogP contribution in [-0.2, 0) is 19.2 Å². The van der Waals surface area contributed by atoms with Crippen LogP contribution in [0.3, 0.4) is 0 Å². The molecule has 0 radical (unpaired) electrons. The molecule has 2 aliphatic heterocycles. The Morgan fingerprint density at radius 1 is 0.800 bits per heavy atom. The van der Waals surface area contributed by atoms with Crippen molar-refractivity contribution in [2.45, 2.75) is 38.5 Å². The first kappa shape index (κ1) is 46.9. The summed E-state index contributed by atoms with van der Waals surface area (Å²) >= 11 is 2.33. The zero-order valence-electron chi connectivity index (χ0n) is 27.9. The second-order valence-corrected chi connectivity index (χ2v) is 10.7. The van der Waals surface area contributed by atoms with Gasteiger partial charge in [0, 0.05) is 24.2 Å². The average Bonchev–Trinajstić information content (AvgIpc) is 3.79. The number of hydrogen-bond acceptors (Lipinski definition) is 7. The van der Waals surface area contributed by atoms with Gasteiger partial charge in [-0.1, -0.05) is 71.2 Å². The Hall–Kier alpha value is -0.220. The Kier molecular flexibility index (Phi) is 36.6. The van der Waals surface area contributed by atoms with Gasteiger partial charge in [0.05, 0.1) is 13.2 Å². The third kappa shape index (κ3) is 29.6. The molecule has 0 atom stereocenters. The number of nitrogens with one attached hydrogen (secondary N) is 1. The van der Waals surface area contributed by atoms with Crippen LogP contribution in [0.25, 0.3) is 12.2 Å². The van der Waals surface area contributed by atoms with Crippen LogP contribution in [0.2, 0.25) is 0 Å². The largest absolute Gasteiger partial charge is 1.00 e. The zero-order chi connectivity index (χ0) is 31.2. The maximum Gasteiger partial charge on any atom is 1.00 e. The maximum atomic E-state index is 12.7. The van der Waals surface area contributed by atoms with Gasteiger partial charge in [-0.05, 0) is 100 Å². The number of alkyl halides is 1. The molecule has 0 saturated carbocycles. The molecule has 0 bridgehead atoms. The average molecular weight is 763 g/mol. The van der Waals surface area contributed by atoms with E-state index in [2.05, 4.69) is 37.7 Å². The monoisotopic (exact) mass is 762 g/mol. The van der Waals surface area contributed by atoms with Crippen molar-refractivity contribution in [1.82, 2.24) is 10.2 Å². The normalized spacial score (nSPS) is 13.8. The van der Waals surface area contributed by atoms with E-state index in [1.54, 1.807) is 24.3 Å². The standard InChI is InChI=1S/C16H22FNO.C12H14FIO.C4H9N.CH2O3.2Na.H/c17-16-8-6-15(7-9-16)5-3-13-19-14-4-12-18-10-1-2-11-18;13-12-6-4-11(5-7-12)3-1-9-15-10-2-8-14;1-2-4-5-3-1;2-1-4-3;;;/h3,5-9H,1-2,4,10-14H2;1,3-7H,2,8-10H2;5H,1-4H2;1,3H;;;/q;;;;2*+1;-1/p-1/b5-3+;3-1+;;;;;. The molecular weight excluding hydrogens is 715 g/mol. The second kappa shape index (κ2) is 35.1. The molecule has 4 rings (SSSR count). The van der Waals surface area contributed by atoms with Gasteiger partial charge < -0.3 is 31.3 Å². The smallest absolute Gasteiger partial charge is 1.00 e. The Balaban J connectivity index is -0.000000610. The fourth-order valence-corrected chi connectivity index (χ4v) is 4.31. The first-order valence-corrected chi connectivity index (χ1v) is 16.3. The van der Waals surface area contributed by atoms with E-state index in [4.69, 9.17) is 19.5 Å². The molecule has 242 valence electrons. The molecule has 0 amide bonds. The molecule has 2 aromatic carbocycles. The van der Waals surface area contributed by atoms with Crippen LogP contribution < -0.4 is 69.7 Å². The summed E-state index contributed by atoms with van der Waals surface area (Å²) in [7, 11) is 0. The molecule has 0 aliphatic carbocycles. The number of hydrogen-bond donors (Lipinski definition) is 1. The zero-order valence-corrected chi connectivity index (χ0v) is 33.1. The summed E-state index contributed by atoms with van der Waals surface area (Å²) in [6, 6.07) is 12.9. The number of benzene rings is 2. The van der Waals surface area contributed by atoms with E-state index in [-0.39, 0.29) is 78.6 Å². The van der Waals surface area contributed by atoms with E-state index < -0.39 is 0 Å². The van der Waals surface area contributed by atoms with Crippen LogP contribution in [0.5, 0.6) is 0 Å². The summed E-state index contributed by atoms with van der Waals surface area (Å²) in [6.45, 7) is 8.84. The van der Waals surface area contributed by atoms with Gasteiger partial charge in [0.2, 0.25) is 0 Å². The summed E-state index contributed by atoms with van der Waals surface area (Å²) in [5, 5.41) is 11.7. The second-order valence-electron chi connectivity index (χ2n) is 9.65. The molecule has 45 heavy (non-hydrogen) atoms. The summed E-state index contributed by atoms with van der Waals surface area (Å²) in [5.74, 6) is -0.402. The Labute approximate surface area is 327 Å². The van der Waals surface area contributed by atoms with E-state index in [1.165, 1.54) is 76.1 Å². The van der Waals surface area contributed by atoms with Crippen LogP contribution >= 0.6 is 22.6 Å². The van der Waals surface area contributed by atoms with Crippen molar-refractivity contribution in [1.29, 1.82) is 0 Å². The van der Waals surface area contributed by atoms with Gasteiger partial charge in [-0.3, -0.25) is 4.79 Å². The van der Waals surface area contributed by atoms with Gasteiger partial charge in [-0.15, -0.1) is 0 Å². The van der Waals surface area contributed by atoms with E-state index in [9.17, 15) is 8.78 Å². The van der Waals surface area contributed by atoms with Crippen molar-refractivity contribution in [2.24, 2.45) is 0 Å². The third-order valence-corrected chi connectivity index (χ3v) is 6.93. The van der Waals surface area contributed by atoms with Crippen molar-refractivity contribution >= 4 is 41.2 Å². The number of likely N-dealkylation sites (tertiary alicyclic amines) is 1. The molecule has 0 aromatic heterocycles. The molecule has 7 nitrogen and oxygen atoms in total. The van der Waals surface area contributed by atoms with Crippen molar-refractivity contribution in [3.05, 3.63) is 83.4 Å². The van der Waals surface area contributed by atoms with Gasteiger partial charge in [0.15, 0.2) is 0 Å². The molecule has 0 unspecified atom stereocenters. The first-order valence-electron chi connectivity index (χ1n) is 14.8. The molecule has 0 spiro atoms. The van der Waals surface area contributed by atoms with Gasteiger partial charge in [0.1, 0.15) is 11.6 Å². The van der Waals surface area contributed by atoms with Crippen molar-refractivity contribution in [2.75, 3.05) is 63.6 Å². The van der Waals surface area contributed by atoms with Crippen LogP contribution in [0.15, 0.2) is 60.7 Å². The summed E-state index contributed by atoms with van der Waals surface area (Å²) in [6.07, 6.45) is 15.5. The van der Waals surface area contributed by atoms with Gasteiger partial charge in [-0.2, -0.15) is 0 Å². The van der Waals surface area contributed by atoms with Crippen LogP contribution in [-0.4, -0.2) is 75.0 Å². The molecular formula is C33H47F2IN2Na2O5. The van der Waals surface area contributed by atoms with E-state index in [0.29, 0.717) is 13.2 Å². The van der Waals surface area contributed by atoms with Crippen molar-refractivity contribution < 1.29 is 93.7 Å². The maximum absolute atomic E-state index is 12.7. The Morgan fingerprint density at radius 3 is 1.62 bits per heavy atom. The number of rotatable bonds is 14. The molecule has 12 heteroatoms. The SMILES string of the molecule is C1CCNC1.Fc1ccc(/C=C/COCCCI)cc1.Fc1ccc(/C=C/COCCCN2CCCC2)cc1.O=CO[O-].[H-].[Na+].[Na+]. The third-order valence-electron chi connectivity index (χ3n) is 6.17. The molecule has 1 N–H and O–H groups in total. The number of halogens is 3. The number of ether oxygens (including phenoxy) is 2. The fourth-order valence-electron chi connectivity index (χ4n) is 4.00. The van der Waals surface area contributed by atoms with Gasteiger partial charge in [0.25, 0.3) is 6.47 Å². The minimum atomic E-state index is -0.203. The molecule has 2 aromatic rings. The number of nitrogens with zero attached hydrogens (tertiary/aromatic N) is 1. The van der Waals surface area contributed by atoms with E-state index in [0.717, 1.165) is 48.2 Å². The van der Waals surface area contributed by atoms with Gasteiger partial charge >= 0.3 is 59.1 Å². The fraction of sp³-hybridized carbons (Fsp3) is 0.485. The summed E-state index contributed by atoms with van der Waals surface area (Å²) in [5.41, 5.74) is 2.00. The summed E-state index contributed by atoms with van der Waals surface area (Å²) in [4.78, 5) is 13.7. The number of carbonyl (C=O) groups is 1. The topological polar surface area (TPSA) is 83.1 Å². The predicted molar refractivity (Wildman–Crippen MR) is 177 cm³/mol. The Morgan fingerprint density at radius 2 is 1.24 bits per heavy atom. The van der Waals surface area contributed by atoms with E-state index in [1.807, 2.05) is 24.3 Å². The Bertz CT molecular complexity index is 979. The minimum Gasteiger partial charge on any atom is -1.00 e.